The number of esters is 1. The SMILES string of the molecule is CCOC(=O)CCCNC.CN(C)C.CNCC(=O)NC(C=O)C(C)C.O=C/C=C/c1ccccc1. The van der Waals surface area contributed by atoms with Crippen LogP contribution in [0.1, 0.15) is 39.2 Å². The Balaban J connectivity index is -0.000000423. The van der Waals surface area contributed by atoms with Crippen LogP contribution in [-0.2, 0) is 23.9 Å². The number of rotatable bonds is 12. The van der Waals surface area contributed by atoms with Gasteiger partial charge in [0.1, 0.15) is 12.6 Å². The maximum absolute atomic E-state index is 11.0. The summed E-state index contributed by atoms with van der Waals surface area (Å²) in [6.07, 6.45) is 6.16. The highest BCUT2D eigenvalue weighted by molar-refractivity contribution is 5.81. The molecule has 1 aromatic rings. The van der Waals surface area contributed by atoms with Crippen LogP contribution in [0, 0.1) is 5.92 Å². The Hall–Kier alpha value is -2.88. The predicted molar refractivity (Wildman–Crippen MR) is 148 cm³/mol. The number of allylic oxidation sites excluding steroid dienone is 1. The van der Waals surface area contributed by atoms with Gasteiger partial charge in [-0.3, -0.25) is 14.4 Å². The van der Waals surface area contributed by atoms with Crippen LogP contribution in [0.25, 0.3) is 6.08 Å². The molecule has 1 unspecified atom stereocenters. The molecule has 0 saturated heterocycles. The zero-order valence-corrected chi connectivity index (χ0v) is 23.4. The number of ether oxygens (including phenoxy) is 1. The summed E-state index contributed by atoms with van der Waals surface area (Å²) in [5.74, 6) is -0.107. The molecule has 36 heavy (non-hydrogen) atoms. The number of carbonyl (C=O) groups is 4. The second-order valence-electron chi connectivity index (χ2n) is 8.26. The van der Waals surface area contributed by atoms with Crippen molar-refractivity contribution >= 4 is 30.5 Å². The topological polar surface area (TPSA) is 117 Å². The first-order valence-electron chi connectivity index (χ1n) is 12.1. The Morgan fingerprint density at radius 2 is 1.61 bits per heavy atom. The molecule has 0 fully saturated rings. The van der Waals surface area contributed by atoms with Crippen molar-refractivity contribution in [2.24, 2.45) is 5.92 Å². The number of likely N-dealkylation sites (N-methyl/N-ethyl adjacent to an activating group) is 1. The quantitative estimate of drug-likeness (QED) is 0.170. The fourth-order valence-electron chi connectivity index (χ4n) is 2.11. The molecule has 0 aliphatic rings. The van der Waals surface area contributed by atoms with Crippen LogP contribution in [0.5, 0.6) is 0 Å². The lowest BCUT2D eigenvalue weighted by atomic mass is 10.1. The van der Waals surface area contributed by atoms with E-state index >= 15 is 0 Å². The number of aldehydes is 2. The van der Waals surface area contributed by atoms with Crippen molar-refractivity contribution in [2.45, 2.75) is 39.7 Å². The number of nitrogens with zero attached hydrogens (tertiary/aromatic N) is 1. The molecular formula is C27H48N4O5. The summed E-state index contributed by atoms with van der Waals surface area (Å²) < 4.78 is 4.72. The molecule has 206 valence electrons. The van der Waals surface area contributed by atoms with Gasteiger partial charge in [0.2, 0.25) is 5.91 Å². The van der Waals surface area contributed by atoms with Crippen LogP contribution in [0.15, 0.2) is 36.4 Å². The maximum Gasteiger partial charge on any atom is 0.305 e. The molecule has 0 radical (unpaired) electrons. The van der Waals surface area contributed by atoms with E-state index in [1.54, 1.807) is 13.1 Å². The number of benzene rings is 1. The standard InChI is InChI=1S/C9H8O.C8H16N2O2.C7H15NO2.C3H9N/c10-8-4-7-9-5-2-1-3-6-9;1-6(2)7(5-11)10-8(12)4-9-3;1-3-10-7(9)5-4-6-8-2;1-4(2)3/h1-8H;5-7,9H,4H2,1-3H3,(H,10,12);8H,3-6H2,1-2H3;1-3H3/b7-4+;;;. The van der Waals surface area contributed by atoms with Crippen LogP contribution >= 0.6 is 0 Å². The second kappa shape index (κ2) is 28.4. The van der Waals surface area contributed by atoms with Crippen LogP contribution in [0.4, 0.5) is 0 Å². The van der Waals surface area contributed by atoms with E-state index in [-0.39, 0.29) is 30.4 Å². The number of carbonyl (C=O) groups excluding carboxylic acids is 4. The monoisotopic (exact) mass is 508 g/mol. The molecule has 1 atom stereocenters. The Morgan fingerprint density at radius 3 is 2.03 bits per heavy atom. The molecule has 0 heterocycles. The zero-order valence-electron chi connectivity index (χ0n) is 23.4. The molecule has 0 bridgehead atoms. The van der Waals surface area contributed by atoms with Gasteiger partial charge in [-0.15, -0.1) is 0 Å². The molecule has 1 amide bonds. The predicted octanol–water partition coefficient (Wildman–Crippen LogP) is 2.17. The number of hydrogen-bond acceptors (Lipinski definition) is 8. The Labute approximate surface area is 218 Å². The van der Waals surface area contributed by atoms with Crippen molar-refractivity contribution in [2.75, 3.05) is 54.9 Å². The van der Waals surface area contributed by atoms with E-state index in [9.17, 15) is 19.2 Å². The number of nitrogens with one attached hydrogen (secondary N) is 3. The normalized spacial score (nSPS) is 10.6. The average molecular weight is 509 g/mol. The lowest BCUT2D eigenvalue weighted by Gasteiger charge is -2.15. The molecule has 1 rings (SSSR count). The lowest BCUT2D eigenvalue weighted by Crippen LogP contribution is -2.43. The fraction of sp³-hybridized carbons (Fsp3) is 0.556. The summed E-state index contributed by atoms with van der Waals surface area (Å²) in [6, 6.07) is 9.33. The minimum atomic E-state index is -0.370. The Morgan fingerprint density at radius 1 is 1.03 bits per heavy atom. The fourth-order valence-corrected chi connectivity index (χ4v) is 2.11. The lowest BCUT2D eigenvalue weighted by molar-refractivity contribution is -0.143. The Kier molecular flexibility index (Phi) is 29.7. The number of hydrogen-bond donors (Lipinski definition) is 3. The van der Waals surface area contributed by atoms with E-state index < -0.39 is 0 Å². The largest absolute Gasteiger partial charge is 0.466 e. The van der Waals surface area contributed by atoms with Crippen LogP contribution in [-0.4, -0.2) is 90.3 Å². The van der Waals surface area contributed by atoms with Gasteiger partial charge in [-0.25, -0.2) is 0 Å². The van der Waals surface area contributed by atoms with Gasteiger partial charge in [-0.2, -0.15) is 0 Å². The van der Waals surface area contributed by atoms with Crippen molar-refractivity contribution in [3.05, 3.63) is 42.0 Å². The van der Waals surface area contributed by atoms with E-state index in [4.69, 9.17) is 4.74 Å². The first-order chi connectivity index (χ1) is 17.1. The maximum atomic E-state index is 11.0. The van der Waals surface area contributed by atoms with E-state index in [0.717, 1.165) is 31.1 Å². The molecule has 3 N–H and O–H groups in total. The summed E-state index contributed by atoms with van der Waals surface area (Å²) in [4.78, 5) is 44.0. The van der Waals surface area contributed by atoms with Gasteiger partial charge in [0.25, 0.3) is 0 Å². The van der Waals surface area contributed by atoms with E-state index in [0.29, 0.717) is 13.0 Å². The zero-order chi connectivity index (χ0) is 28.2. The summed E-state index contributed by atoms with van der Waals surface area (Å²) >= 11 is 0. The van der Waals surface area contributed by atoms with Crippen molar-refractivity contribution in [1.82, 2.24) is 20.9 Å². The molecule has 0 aromatic heterocycles. The van der Waals surface area contributed by atoms with Crippen molar-refractivity contribution in [3.8, 4) is 0 Å². The summed E-state index contributed by atoms with van der Waals surface area (Å²) in [6.45, 7) is 7.20. The van der Waals surface area contributed by atoms with Crippen LogP contribution < -0.4 is 16.0 Å². The molecule has 0 spiro atoms. The molecule has 0 saturated carbocycles. The summed E-state index contributed by atoms with van der Waals surface area (Å²) in [7, 11) is 9.55. The molecular weight excluding hydrogens is 460 g/mol. The Bertz CT molecular complexity index is 692. The average Bonchev–Trinajstić information content (AvgIpc) is 2.83. The van der Waals surface area contributed by atoms with Crippen molar-refractivity contribution in [3.63, 3.8) is 0 Å². The third-order valence-corrected chi connectivity index (χ3v) is 3.81. The van der Waals surface area contributed by atoms with Crippen molar-refractivity contribution < 1.29 is 23.9 Å². The van der Waals surface area contributed by atoms with Gasteiger partial charge in [0, 0.05) is 6.42 Å². The minimum Gasteiger partial charge on any atom is -0.466 e. The third kappa shape index (κ3) is 31.1. The highest BCUT2D eigenvalue weighted by Gasteiger charge is 2.13. The van der Waals surface area contributed by atoms with E-state index in [1.807, 2.05) is 84.2 Å². The van der Waals surface area contributed by atoms with Gasteiger partial charge in [0.05, 0.1) is 19.2 Å². The first-order valence-corrected chi connectivity index (χ1v) is 12.1. The van der Waals surface area contributed by atoms with Gasteiger partial charge < -0.3 is 30.4 Å². The summed E-state index contributed by atoms with van der Waals surface area (Å²) in [5.41, 5.74) is 1.05. The second-order valence-corrected chi connectivity index (χ2v) is 8.26. The van der Waals surface area contributed by atoms with E-state index in [1.165, 1.54) is 6.08 Å². The van der Waals surface area contributed by atoms with Gasteiger partial charge in [-0.05, 0) is 72.7 Å². The highest BCUT2D eigenvalue weighted by Crippen LogP contribution is 1.99. The molecule has 9 heteroatoms. The van der Waals surface area contributed by atoms with Crippen LogP contribution in [0.3, 0.4) is 0 Å². The third-order valence-electron chi connectivity index (χ3n) is 3.81. The molecule has 1 aromatic carbocycles. The van der Waals surface area contributed by atoms with Gasteiger partial charge >= 0.3 is 5.97 Å². The molecule has 0 aliphatic heterocycles. The van der Waals surface area contributed by atoms with Crippen molar-refractivity contribution in [1.29, 1.82) is 0 Å². The molecule has 0 aliphatic carbocycles. The number of amides is 1. The summed E-state index contributed by atoms with van der Waals surface area (Å²) in [5, 5.41) is 8.26. The van der Waals surface area contributed by atoms with Crippen LogP contribution in [0.2, 0.25) is 0 Å². The smallest absolute Gasteiger partial charge is 0.305 e. The van der Waals surface area contributed by atoms with E-state index in [2.05, 4.69) is 16.0 Å². The minimum absolute atomic E-state index is 0.0993. The highest BCUT2D eigenvalue weighted by atomic mass is 16.5. The van der Waals surface area contributed by atoms with Gasteiger partial charge in [0.15, 0.2) is 0 Å². The van der Waals surface area contributed by atoms with Gasteiger partial charge in [-0.1, -0.05) is 50.3 Å². The first kappa shape index (κ1) is 37.7. The molecule has 9 nitrogen and oxygen atoms in total.